The van der Waals surface area contributed by atoms with Crippen molar-refractivity contribution in [2.75, 3.05) is 0 Å². The maximum Gasteiger partial charge on any atom is 0.419 e. The molecule has 23 heavy (non-hydrogen) atoms. The van der Waals surface area contributed by atoms with Crippen molar-refractivity contribution >= 4 is 0 Å². The summed E-state index contributed by atoms with van der Waals surface area (Å²) in [5, 5.41) is 17.5. The molecule has 2 aromatic rings. The van der Waals surface area contributed by atoms with Gasteiger partial charge < -0.3 is 10.2 Å². The number of hydrogen-bond donors (Lipinski definition) is 2. The Balaban J connectivity index is 0.000000403. The standard InChI is InChI=1S/2C7H5F3O.Hf/c2*8-7(9,10)5-3-1-2-4-6(5)11;/h2*1-4,11H;. The van der Waals surface area contributed by atoms with Gasteiger partial charge in [-0.25, -0.2) is 0 Å². The Kier molecular flexibility index (Phi) is 7.82. The van der Waals surface area contributed by atoms with Crippen LogP contribution in [0.1, 0.15) is 11.1 Å². The largest absolute Gasteiger partial charge is 0.507 e. The summed E-state index contributed by atoms with van der Waals surface area (Å²) in [6, 6.07) is 8.79. The third kappa shape index (κ3) is 6.64. The van der Waals surface area contributed by atoms with E-state index in [2.05, 4.69) is 0 Å². The summed E-state index contributed by atoms with van der Waals surface area (Å²) in [4.78, 5) is 0. The zero-order valence-electron chi connectivity index (χ0n) is 11.3. The average Bonchev–Trinajstić information content (AvgIpc) is 2.37. The summed E-state index contributed by atoms with van der Waals surface area (Å²) in [6.45, 7) is 0. The second-order valence-corrected chi connectivity index (χ2v) is 4.03. The van der Waals surface area contributed by atoms with E-state index in [-0.39, 0.29) is 25.8 Å². The summed E-state index contributed by atoms with van der Waals surface area (Å²) in [7, 11) is 0. The summed E-state index contributed by atoms with van der Waals surface area (Å²) in [6.07, 6.45) is -8.93. The fraction of sp³-hybridized carbons (Fsp3) is 0.143. The van der Waals surface area contributed by atoms with Gasteiger partial charge in [-0.1, -0.05) is 24.3 Å². The van der Waals surface area contributed by atoms with Crippen molar-refractivity contribution in [2.24, 2.45) is 0 Å². The van der Waals surface area contributed by atoms with Crippen molar-refractivity contribution in [2.45, 2.75) is 12.4 Å². The first-order valence-electron chi connectivity index (χ1n) is 5.74. The second-order valence-electron chi connectivity index (χ2n) is 4.03. The molecule has 2 aromatic carbocycles. The molecule has 0 heterocycles. The van der Waals surface area contributed by atoms with Crippen molar-refractivity contribution in [1.82, 2.24) is 0 Å². The zero-order chi connectivity index (χ0) is 17.0. The Bertz CT molecular complexity index is 570. The first-order chi connectivity index (χ1) is 10.0. The van der Waals surface area contributed by atoms with Gasteiger partial charge in [0, 0.05) is 25.8 Å². The SMILES string of the molecule is Oc1ccccc1C(F)(F)F.Oc1ccccc1C(F)(F)F.[Hf]. The minimum Gasteiger partial charge on any atom is -0.507 e. The van der Waals surface area contributed by atoms with E-state index in [1.807, 2.05) is 0 Å². The van der Waals surface area contributed by atoms with Gasteiger partial charge in [-0.15, -0.1) is 0 Å². The number of alkyl halides is 6. The summed E-state index contributed by atoms with van der Waals surface area (Å²) in [5.74, 6) is -1.47. The maximum atomic E-state index is 11.9. The van der Waals surface area contributed by atoms with E-state index >= 15 is 0 Å². The van der Waals surface area contributed by atoms with Crippen LogP contribution in [0, 0.1) is 0 Å². The minimum atomic E-state index is -4.47. The summed E-state index contributed by atoms with van der Waals surface area (Å²) < 4.78 is 71.3. The van der Waals surface area contributed by atoms with Gasteiger partial charge in [-0.3, -0.25) is 0 Å². The van der Waals surface area contributed by atoms with Crippen LogP contribution in [0.25, 0.3) is 0 Å². The van der Waals surface area contributed by atoms with Crippen LogP contribution >= 0.6 is 0 Å². The van der Waals surface area contributed by atoms with Crippen LogP contribution in [0.3, 0.4) is 0 Å². The zero-order valence-corrected chi connectivity index (χ0v) is 14.9. The Morgan fingerprint density at radius 2 is 0.826 bits per heavy atom. The molecular formula is C14H10F6HfO2. The molecule has 0 unspecified atom stereocenters. The van der Waals surface area contributed by atoms with Crippen molar-refractivity contribution in [3.05, 3.63) is 59.7 Å². The Hall–Kier alpha value is -1.51. The predicted octanol–water partition coefficient (Wildman–Crippen LogP) is 4.82. The quantitative estimate of drug-likeness (QED) is 0.401. The number of aromatic hydroxyl groups is 2. The van der Waals surface area contributed by atoms with E-state index in [1.54, 1.807) is 0 Å². The molecule has 124 valence electrons. The number of halogens is 6. The molecule has 0 spiro atoms. The van der Waals surface area contributed by atoms with Gasteiger partial charge in [0.2, 0.25) is 0 Å². The molecule has 9 heteroatoms. The van der Waals surface area contributed by atoms with Crippen LogP contribution in [0.2, 0.25) is 0 Å². The van der Waals surface area contributed by atoms with Crippen molar-refractivity contribution in [1.29, 1.82) is 0 Å². The van der Waals surface area contributed by atoms with Gasteiger partial charge in [0.1, 0.15) is 11.5 Å². The van der Waals surface area contributed by atoms with Gasteiger partial charge in [-0.2, -0.15) is 26.3 Å². The third-order valence-corrected chi connectivity index (χ3v) is 2.42. The smallest absolute Gasteiger partial charge is 0.419 e. The number of benzene rings is 2. The summed E-state index contributed by atoms with van der Waals surface area (Å²) in [5.41, 5.74) is -2.00. The molecule has 0 amide bonds. The van der Waals surface area contributed by atoms with Crippen LogP contribution in [0.15, 0.2) is 48.5 Å². The first-order valence-corrected chi connectivity index (χ1v) is 5.74. The Morgan fingerprint density at radius 1 is 0.565 bits per heavy atom. The van der Waals surface area contributed by atoms with Gasteiger partial charge in [0.05, 0.1) is 11.1 Å². The van der Waals surface area contributed by atoms with E-state index in [4.69, 9.17) is 10.2 Å². The number of phenols is 2. The van der Waals surface area contributed by atoms with Crippen LogP contribution < -0.4 is 0 Å². The third-order valence-electron chi connectivity index (χ3n) is 2.42. The average molecular weight is 503 g/mol. The topological polar surface area (TPSA) is 40.5 Å². The number of para-hydroxylation sites is 2. The van der Waals surface area contributed by atoms with Crippen molar-refractivity contribution in [3.63, 3.8) is 0 Å². The minimum absolute atomic E-state index is 0. The molecule has 0 fully saturated rings. The fourth-order valence-corrected chi connectivity index (χ4v) is 1.43. The van der Waals surface area contributed by atoms with E-state index in [0.29, 0.717) is 0 Å². The van der Waals surface area contributed by atoms with Crippen molar-refractivity contribution < 1.29 is 62.4 Å². The molecule has 0 atom stereocenters. The molecule has 0 aromatic heterocycles. The molecule has 0 saturated carbocycles. The fourth-order valence-electron chi connectivity index (χ4n) is 1.43. The Morgan fingerprint density at radius 3 is 1.00 bits per heavy atom. The van der Waals surface area contributed by atoms with Crippen LogP contribution in [-0.4, -0.2) is 10.2 Å². The number of phenolic OH excluding ortho intramolecular Hbond substituents is 2. The molecule has 0 aliphatic carbocycles. The molecule has 0 saturated heterocycles. The molecule has 0 aliphatic rings. The van der Waals surface area contributed by atoms with Gasteiger partial charge in [0.15, 0.2) is 0 Å². The predicted molar refractivity (Wildman–Crippen MR) is 66.2 cm³/mol. The molecule has 2 rings (SSSR count). The molecular weight excluding hydrogens is 493 g/mol. The molecule has 0 radical (unpaired) electrons. The van der Waals surface area contributed by atoms with Crippen LogP contribution in [0.5, 0.6) is 11.5 Å². The second kappa shape index (κ2) is 8.37. The molecule has 0 bridgehead atoms. The van der Waals surface area contributed by atoms with Gasteiger partial charge >= 0.3 is 12.4 Å². The molecule has 0 aliphatic heterocycles. The normalized spacial score (nSPS) is 11.0. The summed E-state index contributed by atoms with van der Waals surface area (Å²) >= 11 is 0. The number of hydrogen-bond acceptors (Lipinski definition) is 2. The number of rotatable bonds is 0. The van der Waals surface area contributed by atoms with Crippen LogP contribution in [0.4, 0.5) is 26.3 Å². The van der Waals surface area contributed by atoms with Gasteiger partial charge in [-0.05, 0) is 24.3 Å². The Labute approximate surface area is 146 Å². The van der Waals surface area contributed by atoms with Crippen LogP contribution in [-0.2, 0) is 38.2 Å². The van der Waals surface area contributed by atoms with E-state index < -0.39 is 35.0 Å². The van der Waals surface area contributed by atoms with Crippen molar-refractivity contribution in [3.8, 4) is 11.5 Å². The molecule has 2 nitrogen and oxygen atoms in total. The van der Waals surface area contributed by atoms with E-state index in [0.717, 1.165) is 24.3 Å². The molecule has 2 N–H and O–H groups in total. The van der Waals surface area contributed by atoms with E-state index in [1.165, 1.54) is 24.3 Å². The van der Waals surface area contributed by atoms with E-state index in [9.17, 15) is 26.3 Å². The maximum absolute atomic E-state index is 11.9. The monoisotopic (exact) mass is 504 g/mol. The van der Waals surface area contributed by atoms with Gasteiger partial charge in [0.25, 0.3) is 0 Å². The first kappa shape index (κ1) is 21.5.